The number of halogens is 5. The highest BCUT2D eigenvalue weighted by atomic mass is 35.5. The summed E-state index contributed by atoms with van der Waals surface area (Å²) in [6.07, 6.45) is -7.75. The minimum Gasteiger partial charge on any atom is -0.382 e. The summed E-state index contributed by atoms with van der Waals surface area (Å²) in [6, 6.07) is 12.4. The molecule has 2 aromatic heterocycles. The number of benzene rings is 2. The lowest BCUT2D eigenvalue weighted by Gasteiger charge is -2.15. The van der Waals surface area contributed by atoms with Gasteiger partial charge in [-0.2, -0.15) is 13.2 Å². The molecule has 0 spiro atoms. The first kappa shape index (κ1) is 25.6. The van der Waals surface area contributed by atoms with Gasteiger partial charge in [-0.25, -0.2) is 19.1 Å². The molecule has 14 heteroatoms. The van der Waals surface area contributed by atoms with E-state index in [1.807, 2.05) is 0 Å². The molecule has 0 aliphatic rings. The van der Waals surface area contributed by atoms with Crippen LogP contribution in [0.4, 0.5) is 13.2 Å². The van der Waals surface area contributed by atoms with Crippen LogP contribution >= 0.6 is 23.2 Å². The van der Waals surface area contributed by atoms with E-state index in [9.17, 15) is 27.9 Å². The first-order chi connectivity index (χ1) is 16.9. The highest BCUT2D eigenvalue weighted by Crippen LogP contribution is 2.24. The molecule has 0 saturated heterocycles. The molecular weight excluding hydrogens is 524 g/mol. The molecule has 1 atom stereocenters. The number of carbonyl (C=O) groups is 1. The maximum Gasteiger partial charge on any atom is 0.416 e. The number of hydrogen-bond donors (Lipinski definition) is 1. The van der Waals surface area contributed by atoms with Crippen LogP contribution in [0.15, 0.2) is 53.3 Å². The van der Waals surface area contributed by atoms with Gasteiger partial charge in [-0.15, -0.1) is 10.2 Å². The van der Waals surface area contributed by atoms with E-state index >= 15 is 0 Å². The number of aliphatic hydroxyl groups is 1. The first-order valence-corrected chi connectivity index (χ1v) is 11.1. The van der Waals surface area contributed by atoms with Gasteiger partial charge in [-0.3, -0.25) is 9.36 Å². The molecule has 9 nitrogen and oxygen atoms in total. The molecule has 0 aliphatic heterocycles. The summed E-state index contributed by atoms with van der Waals surface area (Å²) >= 11 is 11.9. The Morgan fingerprint density at radius 3 is 2.39 bits per heavy atom. The van der Waals surface area contributed by atoms with Crippen molar-refractivity contribution in [3.8, 4) is 17.1 Å². The molecule has 0 bridgehead atoms. The fraction of sp³-hybridized carbons (Fsp3) is 0.227. The minimum atomic E-state index is -4.95. The maximum atomic E-state index is 13.0. The van der Waals surface area contributed by atoms with Gasteiger partial charge < -0.3 is 5.11 Å². The molecule has 1 unspecified atom stereocenters. The van der Waals surface area contributed by atoms with Crippen molar-refractivity contribution in [1.29, 1.82) is 0 Å². The molecule has 2 aromatic carbocycles. The number of aromatic nitrogens is 6. The van der Waals surface area contributed by atoms with Crippen molar-refractivity contribution in [1.82, 2.24) is 29.1 Å². The third kappa shape index (κ3) is 5.35. The Bertz CT molecular complexity index is 1480. The van der Waals surface area contributed by atoms with Gasteiger partial charge in [0.15, 0.2) is 29.4 Å². The Morgan fingerprint density at radius 2 is 1.78 bits per heavy atom. The monoisotopic (exact) mass is 540 g/mol. The Morgan fingerprint density at radius 1 is 1.08 bits per heavy atom. The normalized spacial score (nSPS) is 12.6. The quantitative estimate of drug-likeness (QED) is 0.357. The van der Waals surface area contributed by atoms with Crippen molar-refractivity contribution in [2.45, 2.75) is 32.3 Å². The van der Waals surface area contributed by atoms with E-state index in [2.05, 4.69) is 15.2 Å². The van der Waals surface area contributed by atoms with Crippen LogP contribution in [0.3, 0.4) is 0 Å². The molecule has 0 fully saturated rings. The highest BCUT2D eigenvalue weighted by Gasteiger charge is 2.39. The summed E-state index contributed by atoms with van der Waals surface area (Å²) in [7, 11) is 0. The van der Waals surface area contributed by atoms with Crippen molar-refractivity contribution >= 4 is 29.0 Å². The lowest BCUT2D eigenvalue weighted by atomic mass is 10.2. The van der Waals surface area contributed by atoms with Crippen molar-refractivity contribution < 1.29 is 23.1 Å². The number of aliphatic hydroxyl groups excluding tert-OH is 1. The molecule has 0 saturated carbocycles. The Kier molecular flexibility index (Phi) is 7.03. The van der Waals surface area contributed by atoms with E-state index in [1.165, 1.54) is 35.9 Å². The average Bonchev–Trinajstić information content (AvgIpc) is 3.36. The number of Topliss-reactive ketones (excluding diaryl/α,β-unsaturated/α-hetero) is 1. The first-order valence-electron chi connectivity index (χ1n) is 10.3. The number of rotatable bonds is 7. The van der Waals surface area contributed by atoms with Crippen LogP contribution < -0.4 is 5.69 Å². The van der Waals surface area contributed by atoms with Crippen molar-refractivity contribution in [3.05, 3.63) is 80.7 Å². The second kappa shape index (κ2) is 9.88. The van der Waals surface area contributed by atoms with Gasteiger partial charge >= 0.3 is 11.9 Å². The SMILES string of the molecule is CC(=O)c1nc(Cn2nc(-c3ccc(Cl)cc3)n(CC(O)C(F)(F)F)c2=O)nn1-c1cccc(Cl)c1. The van der Waals surface area contributed by atoms with Gasteiger partial charge in [0.1, 0.15) is 6.54 Å². The molecule has 0 radical (unpaired) electrons. The third-order valence-corrected chi connectivity index (χ3v) is 5.56. The van der Waals surface area contributed by atoms with E-state index in [4.69, 9.17) is 23.2 Å². The number of nitrogens with zero attached hydrogens (tertiary/aromatic N) is 6. The number of ketones is 1. The van der Waals surface area contributed by atoms with Gasteiger partial charge in [0, 0.05) is 22.5 Å². The topological polar surface area (TPSA) is 108 Å². The van der Waals surface area contributed by atoms with Crippen LogP contribution in [-0.2, 0) is 13.1 Å². The second-order valence-corrected chi connectivity index (χ2v) is 8.61. The summed E-state index contributed by atoms with van der Waals surface area (Å²) in [4.78, 5) is 29.4. The Labute approximate surface area is 211 Å². The number of hydrogen-bond acceptors (Lipinski definition) is 6. The van der Waals surface area contributed by atoms with Gasteiger partial charge in [-0.1, -0.05) is 29.3 Å². The Hall–Kier alpha value is -3.48. The molecule has 2 heterocycles. The van der Waals surface area contributed by atoms with E-state index in [0.29, 0.717) is 25.9 Å². The van der Waals surface area contributed by atoms with Crippen LogP contribution in [-0.4, -0.2) is 52.3 Å². The molecular formula is C22H17Cl2F3N6O3. The summed E-state index contributed by atoms with van der Waals surface area (Å²) in [6.45, 7) is -0.154. The average molecular weight is 541 g/mol. The van der Waals surface area contributed by atoms with E-state index in [-0.39, 0.29) is 24.0 Å². The van der Waals surface area contributed by atoms with Crippen LogP contribution in [0.2, 0.25) is 10.0 Å². The van der Waals surface area contributed by atoms with Gasteiger partial charge in [0.2, 0.25) is 0 Å². The van der Waals surface area contributed by atoms with E-state index in [0.717, 1.165) is 4.68 Å². The maximum absolute atomic E-state index is 13.0. The van der Waals surface area contributed by atoms with Crippen LogP contribution in [0.25, 0.3) is 17.1 Å². The van der Waals surface area contributed by atoms with E-state index < -0.39 is 30.3 Å². The zero-order valence-electron chi connectivity index (χ0n) is 18.4. The predicted octanol–water partition coefficient (Wildman–Crippen LogP) is 3.77. The molecule has 0 aliphatic carbocycles. The molecule has 36 heavy (non-hydrogen) atoms. The van der Waals surface area contributed by atoms with Gasteiger partial charge in [-0.05, 0) is 42.5 Å². The fourth-order valence-corrected chi connectivity index (χ4v) is 3.68. The van der Waals surface area contributed by atoms with E-state index in [1.54, 1.807) is 24.3 Å². The molecule has 0 amide bonds. The number of alkyl halides is 3. The van der Waals surface area contributed by atoms with Crippen molar-refractivity contribution in [2.24, 2.45) is 0 Å². The molecule has 4 rings (SSSR count). The summed E-state index contributed by atoms with van der Waals surface area (Å²) < 4.78 is 42.0. The van der Waals surface area contributed by atoms with Gasteiger partial charge in [0.25, 0.3) is 0 Å². The Balaban J connectivity index is 1.77. The lowest BCUT2D eigenvalue weighted by molar-refractivity contribution is -0.207. The van der Waals surface area contributed by atoms with Crippen LogP contribution in [0.1, 0.15) is 23.4 Å². The third-order valence-electron chi connectivity index (χ3n) is 5.07. The molecule has 1 N–H and O–H groups in total. The standard InChI is InChI=1S/C22H17Cl2F3N6O3/c1-12(34)19-28-18(29-33(19)16-4-2-3-15(24)9-16)11-32-21(36)31(10-17(35)22(25,26)27)20(30-32)13-5-7-14(23)8-6-13/h2-9,17,35H,10-11H2,1H3. The minimum absolute atomic E-state index is 0.00551. The van der Waals surface area contributed by atoms with Gasteiger partial charge in [0.05, 0.1) is 12.2 Å². The van der Waals surface area contributed by atoms with Crippen molar-refractivity contribution in [2.75, 3.05) is 0 Å². The summed E-state index contributed by atoms with van der Waals surface area (Å²) in [5.41, 5.74) is -0.197. The summed E-state index contributed by atoms with van der Waals surface area (Å²) in [5, 5.41) is 18.8. The number of carbonyl (C=O) groups excluding carboxylic acids is 1. The molecule has 4 aromatic rings. The smallest absolute Gasteiger partial charge is 0.382 e. The fourth-order valence-electron chi connectivity index (χ4n) is 3.37. The summed E-state index contributed by atoms with van der Waals surface area (Å²) in [5.74, 6) is -0.570. The van der Waals surface area contributed by atoms with Crippen LogP contribution in [0, 0.1) is 0 Å². The second-order valence-electron chi connectivity index (χ2n) is 7.74. The highest BCUT2D eigenvalue weighted by molar-refractivity contribution is 6.31. The largest absolute Gasteiger partial charge is 0.416 e. The zero-order chi connectivity index (χ0) is 26.2. The van der Waals surface area contributed by atoms with Crippen LogP contribution in [0.5, 0.6) is 0 Å². The zero-order valence-corrected chi connectivity index (χ0v) is 20.0. The predicted molar refractivity (Wildman–Crippen MR) is 124 cm³/mol. The lowest BCUT2D eigenvalue weighted by Crippen LogP contribution is -2.37. The van der Waals surface area contributed by atoms with Crippen molar-refractivity contribution in [3.63, 3.8) is 0 Å². The molecule has 188 valence electrons.